The fraction of sp³-hybridized carbons (Fsp3) is 0.333. The molecule has 1 aliphatic carbocycles. The first-order valence-corrected chi connectivity index (χ1v) is 9.51. The number of amides is 2. The minimum absolute atomic E-state index is 0.0489. The number of para-hydroxylation sites is 1. The van der Waals surface area contributed by atoms with Gasteiger partial charge >= 0.3 is 0 Å². The topological polar surface area (TPSA) is 61.4 Å². The molecule has 0 saturated carbocycles. The lowest BCUT2D eigenvalue weighted by atomic mass is 9.88. The first kappa shape index (κ1) is 19.4. The number of hydrogen-bond acceptors (Lipinski definition) is 3. The van der Waals surface area contributed by atoms with Gasteiger partial charge in [0.1, 0.15) is 0 Å². The normalized spacial score (nSPS) is 15.9. The van der Waals surface area contributed by atoms with Crippen molar-refractivity contribution in [3.8, 4) is 0 Å². The van der Waals surface area contributed by atoms with Crippen LogP contribution in [0.3, 0.4) is 0 Å². The minimum atomic E-state index is -0.207. The van der Waals surface area contributed by atoms with Gasteiger partial charge < -0.3 is 10.6 Å². The molecule has 1 aliphatic rings. The van der Waals surface area contributed by atoms with Gasteiger partial charge in [0, 0.05) is 0 Å². The van der Waals surface area contributed by atoms with E-state index in [0.717, 1.165) is 19.3 Å². The Morgan fingerprint density at radius 2 is 1.78 bits per heavy atom. The van der Waals surface area contributed by atoms with Crippen LogP contribution < -0.4 is 10.6 Å². The fourth-order valence-electron chi connectivity index (χ4n) is 3.44. The molecule has 142 valence electrons. The number of carbonyl (C=O) groups is 2. The first-order chi connectivity index (χ1) is 13.0. The molecule has 6 heteroatoms. The zero-order valence-corrected chi connectivity index (χ0v) is 16.1. The molecular formula is C21H24ClN3O2. The smallest absolute Gasteiger partial charge is 0.238 e. The van der Waals surface area contributed by atoms with E-state index in [1.807, 2.05) is 12.1 Å². The zero-order valence-electron chi connectivity index (χ0n) is 15.4. The Bertz CT molecular complexity index is 825. The number of hydrogen-bond donors (Lipinski definition) is 2. The maximum atomic E-state index is 12.4. The molecule has 5 nitrogen and oxygen atoms in total. The van der Waals surface area contributed by atoms with Crippen LogP contribution in [0.15, 0.2) is 48.5 Å². The van der Waals surface area contributed by atoms with Gasteiger partial charge in [0.25, 0.3) is 0 Å². The summed E-state index contributed by atoms with van der Waals surface area (Å²) in [5, 5.41) is 6.36. The molecule has 2 amide bonds. The number of rotatable bonds is 6. The van der Waals surface area contributed by atoms with E-state index in [9.17, 15) is 9.59 Å². The van der Waals surface area contributed by atoms with Crippen LogP contribution in [0, 0.1) is 0 Å². The lowest BCUT2D eigenvalue weighted by Crippen LogP contribution is -2.40. The molecule has 1 atom stereocenters. The largest absolute Gasteiger partial charge is 0.348 e. The van der Waals surface area contributed by atoms with Crippen molar-refractivity contribution in [2.24, 2.45) is 0 Å². The molecule has 2 aromatic carbocycles. The number of aryl methyl sites for hydroxylation is 1. The Balaban J connectivity index is 1.50. The van der Waals surface area contributed by atoms with Crippen molar-refractivity contribution in [3.63, 3.8) is 0 Å². The molecule has 0 heterocycles. The van der Waals surface area contributed by atoms with E-state index in [0.29, 0.717) is 10.7 Å². The number of anilines is 1. The molecule has 0 aliphatic heterocycles. The lowest BCUT2D eigenvalue weighted by Gasteiger charge is -2.27. The first-order valence-electron chi connectivity index (χ1n) is 9.13. The molecular weight excluding hydrogens is 362 g/mol. The summed E-state index contributed by atoms with van der Waals surface area (Å²) in [5.74, 6) is -0.286. The van der Waals surface area contributed by atoms with Crippen molar-refractivity contribution in [2.45, 2.75) is 25.3 Å². The van der Waals surface area contributed by atoms with Crippen molar-refractivity contribution in [2.75, 3.05) is 25.5 Å². The van der Waals surface area contributed by atoms with Crippen LogP contribution >= 0.6 is 11.6 Å². The molecule has 0 saturated heterocycles. The number of halogens is 1. The quantitative estimate of drug-likeness (QED) is 0.801. The van der Waals surface area contributed by atoms with Crippen molar-refractivity contribution in [1.82, 2.24) is 10.2 Å². The number of nitrogens with one attached hydrogen (secondary N) is 2. The van der Waals surface area contributed by atoms with Crippen LogP contribution in [-0.2, 0) is 16.0 Å². The van der Waals surface area contributed by atoms with Crippen molar-refractivity contribution < 1.29 is 9.59 Å². The molecule has 0 fully saturated rings. The van der Waals surface area contributed by atoms with E-state index in [2.05, 4.69) is 22.8 Å². The van der Waals surface area contributed by atoms with E-state index in [1.165, 1.54) is 11.1 Å². The van der Waals surface area contributed by atoms with Gasteiger partial charge in [0.2, 0.25) is 11.8 Å². The summed E-state index contributed by atoms with van der Waals surface area (Å²) in [6.07, 6.45) is 3.07. The number of carbonyl (C=O) groups excluding carboxylic acids is 2. The molecule has 0 aromatic heterocycles. The van der Waals surface area contributed by atoms with E-state index >= 15 is 0 Å². The second kappa shape index (κ2) is 9.02. The van der Waals surface area contributed by atoms with Gasteiger partial charge in [0.05, 0.1) is 29.8 Å². The van der Waals surface area contributed by atoms with Crippen LogP contribution in [0.4, 0.5) is 5.69 Å². The monoisotopic (exact) mass is 385 g/mol. The van der Waals surface area contributed by atoms with Crippen molar-refractivity contribution in [1.29, 1.82) is 0 Å². The Kier molecular flexibility index (Phi) is 6.48. The van der Waals surface area contributed by atoms with Crippen molar-refractivity contribution >= 4 is 29.1 Å². The predicted octanol–water partition coefficient (Wildman–Crippen LogP) is 3.40. The summed E-state index contributed by atoms with van der Waals surface area (Å²) in [4.78, 5) is 26.3. The highest BCUT2D eigenvalue weighted by molar-refractivity contribution is 6.33. The van der Waals surface area contributed by atoms with Gasteiger partial charge in [0.15, 0.2) is 0 Å². The highest BCUT2D eigenvalue weighted by Crippen LogP contribution is 2.29. The second-order valence-electron chi connectivity index (χ2n) is 6.91. The summed E-state index contributed by atoms with van der Waals surface area (Å²) >= 11 is 6.05. The summed E-state index contributed by atoms with van der Waals surface area (Å²) < 4.78 is 0. The molecule has 27 heavy (non-hydrogen) atoms. The maximum Gasteiger partial charge on any atom is 0.238 e. The zero-order chi connectivity index (χ0) is 19.2. The fourth-order valence-corrected chi connectivity index (χ4v) is 3.63. The number of fused-ring (bicyclic) bond motifs is 1. The molecule has 0 spiro atoms. The van der Waals surface area contributed by atoms with Gasteiger partial charge in [-0.2, -0.15) is 0 Å². The summed E-state index contributed by atoms with van der Waals surface area (Å²) in [7, 11) is 1.75. The number of likely N-dealkylation sites (N-methyl/N-ethyl adjacent to an activating group) is 1. The standard InChI is InChI=1S/C21H24ClN3O2/c1-25(14-21(27)24-19-11-5-4-10-17(19)22)13-20(26)23-18-12-6-8-15-7-2-3-9-16(15)18/h2-5,7,9-11,18H,6,8,12-14H2,1H3,(H,23,26)(H,24,27)/t18-/m1/s1. The van der Waals surface area contributed by atoms with Crippen molar-refractivity contribution in [3.05, 3.63) is 64.7 Å². The van der Waals surface area contributed by atoms with E-state index in [-0.39, 0.29) is 30.9 Å². The number of benzene rings is 2. The third kappa shape index (κ3) is 5.31. The van der Waals surface area contributed by atoms with Crippen LogP contribution in [0.1, 0.15) is 30.0 Å². The average Bonchev–Trinajstić information content (AvgIpc) is 2.63. The van der Waals surface area contributed by atoms with Gasteiger partial charge in [-0.1, -0.05) is 48.0 Å². The van der Waals surface area contributed by atoms with Crippen LogP contribution in [0.5, 0.6) is 0 Å². The van der Waals surface area contributed by atoms with Crippen LogP contribution in [0.2, 0.25) is 5.02 Å². The average molecular weight is 386 g/mol. The molecule has 2 aromatic rings. The third-order valence-electron chi connectivity index (χ3n) is 4.68. The minimum Gasteiger partial charge on any atom is -0.348 e. The molecule has 3 rings (SSSR count). The van der Waals surface area contributed by atoms with Gasteiger partial charge in [-0.05, 0) is 49.6 Å². The lowest BCUT2D eigenvalue weighted by molar-refractivity contribution is -0.123. The Labute approximate surface area is 164 Å². The SMILES string of the molecule is CN(CC(=O)Nc1ccccc1Cl)CC(=O)N[C@@H]1CCCc2ccccc21. The summed E-state index contributed by atoms with van der Waals surface area (Å²) in [6.45, 7) is 0.272. The summed E-state index contributed by atoms with van der Waals surface area (Å²) in [6, 6.07) is 15.4. The third-order valence-corrected chi connectivity index (χ3v) is 5.01. The van der Waals surface area contributed by atoms with Crippen LogP contribution in [-0.4, -0.2) is 36.9 Å². The second-order valence-corrected chi connectivity index (χ2v) is 7.32. The van der Waals surface area contributed by atoms with E-state index in [1.54, 1.807) is 36.2 Å². The van der Waals surface area contributed by atoms with Crippen LogP contribution in [0.25, 0.3) is 0 Å². The highest BCUT2D eigenvalue weighted by atomic mass is 35.5. The Morgan fingerprint density at radius 3 is 2.59 bits per heavy atom. The van der Waals surface area contributed by atoms with Gasteiger partial charge in [-0.25, -0.2) is 0 Å². The van der Waals surface area contributed by atoms with Gasteiger partial charge in [-0.15, -0.1) is 0 Å². The molecule has 0 radical (unpaired) electrons. The van der Waals surface area contributed by atoms with E-state index in [4.69, 9.17) is 11.6 Å². The Hall–Kier alpha value is -2.37. The maximum absolute atomic E-state index is 12.4. The van der Waals surface area contributed by atoms with E-state index < -0.39 is 0 Å². The molecule has 2 N–H and O–H groups in total. The highest BCUT2D eigenvalue weighted by Gasteiger charge is 2.22. The molecule has 0 unspecified atom stereocenters. The predicted molar refractivity (Wildman–Crippen MR) is 108 cm³/mol. The molecule has 0 bridgehead atoms. The number of nitrogens with zero attached hydrogens (tertiary/aromatic N) is 1. The summed E-state index contributed by atoms with van der Waals surface area (Å²) in [5.41, 5.74) is 3.08. The Morgan fingerprint density at radius 1 is 1.07 bits per heavy atom. The van der Waals surface area contributed by atoms with Gasteiger partial charge in [-0.3, -0.25) is 14.5 Å².